The lowest BCUT2D eigenvalue weighted by molar-refractivity contribution is -0.124. The second kappa shape index (κ2) is 11.1. The first-order valence-electron chi connectivity index (χ1n) is 13.9. The highest BCUT2D eigenvalue weighted by Gasteiger charge is 2.46. The van der Waals surface area contributed by atoms with Crippen LogP contribution in [0.25, 0.3) is 22.2 Å². The number of nitrogens with one attached hydrogen (secondary N) is 1. The number of carbonyl (C=O) groups is 1. The van der Waals surface area contributed by atoms with Gasteiger partial charge in [-0.25, -0.2) is 4.79 Å². The molecule has 4 aromatic rings. The van der Waals surface area contributed by atoms with Crippen molar-refractivity contribution in [1.29, 1.82) is 0 Å². The number of halogens is 3. The number of alkyl halides is 3. The Morgan fingerprint density at radius 3 is 2.20 bits per heavy atom. The van der Waals surface area contributed by atoms with Gasteiger partial charge in [-0.3, -0.25) is 4.90 Å². The number of carbonyl (C=O) groups excluding carboxylic acids is 1. The van der Waals surface area contributed by atoms with Gasteiger partial charge in [-0.1, -0.05) is 60.7 Å². The van der Waals surface area contributed by atoms with E-state index in [1.54, 1.807) is 0 Å². The molecule has 2 aliphatic rings. The molecule has 3 aromatic carbocycles. The Kier molecular flexibility index (Phi) is 7.33. The Morgan fingerprint density at radius 1 is 0.902 bits per heavy atom. The van der Waals surface area contributed by atoms with E-state index in [4.69, 9.17) is 9.15 Å². The lowest BCUT2D eigenvalue weighted by Crippen LogP contribution is -2.46. The first-order valence-corrected chi connectivity index (χ1v) is 13.9. The van der Waals surface area contributed by atoms with Crippen molar-refractivity contribution >= 4 is 23.2 Å². The van der Waals surface area contributed by atoms with Gasteiger partial charge >= 0.3 is 12.3 Å². The molecule has 0 saturated carbocycles. The van der Waals surface area contributed by atoms with Crippen molar-refractivity contribution in [3.63, 3.8) is 0 Å². The Morgan fingerprint density at radius 2 is 1.54 bits per heavy atom. The third-order valence-electron chi connectivity index (χ3n) is 7.89. The number of fused-ring (bicyclic) bond motifs is 4. The number of ether oxygens (including phenoxy) is 1. The number of amides is 1. The summed E-state index contributed by atoms with van der Waals surface area (Å²) >= 11 is 0. The van der Waals surface area contributed by atoms with Crippen LogP contribution < -0.4 is 10.2 Å². The number of unbranched alkanes of at least 4 members (excludes halogenated alkanes) is 1. The van der Waals surface area contributed by atoms with Gasteiger partial charge in [0.1, 0.15) is 12.1 Å². The van der Waals surface area contributed by atoms with E-state index in [1.807, 2.05) is 78.1 Å². The molecule has 1 N–H and O–H groups in total. The third-order valence-corrected chi connectivity index (χ3v) is 7.89. The summed E-state index contributed by atoms with van der Waals surface area (Å²) in [6.07, 6.45) is -3.57. The Hall–Kier alpha value is -4.05. The van der Waals surface area contributed by atoms with Gasteiger partial charge in [0.15, 0.2) is 11.2 Å². The zero-order valence-electron chi connectivity index (χ0n) is 22.5. The quantitative estimate of drug-likeness (QED) is 0.252. The van der Waals surface area contributed by atoms with Crippen LogP contribution in [0.2, 0.25) is 0 Å². The number of para-hydroxylation sites is 2. The highest BCUT2D eigenvalue weighted by atomic mass is 19.4. The molecule has 10 heteroatoms. The SMILES string of the molecule is O=C(NCC(F)(F)F)OC1(CCCCN2CCN(c3nc4ccccc4o3)CC2)c2ccccc2-c2ccccc21. The first-order chi connectivity index (χ1) is 19.8. The van der Waals surface area contributed by atoms with E-state index in [2.05, 4.69) is 14.8 Å². The van der Waals surface area contributed by atoms with Crippen molar-refractivity contribution in [2.75, 3.05) is 44.2 Å². The van der Waals surface area contributed by atoms with Crippen LogP contribution in [-0.4, -0.2) is 61.4 Å². The summed E-state index contributed by atoms with van der Waals surface area (Å²) < 4.78 is 50.3. The van der Waals surface area contributed by atoms with E-state index >= 15 is 0 Å². The molecule has 0 unspecified atom stereocenters. The van der Waals surface area contributed by atoms with Gasteiger partial charge in [-0.15, -0.1) is 0 Å². The van der Waals surface area contributed by atoms with Gasteiger partial charge in [0.05, 0.1) is 0 Å². The van der Waals surface area contributed by atoms with Crippen molar-refractivity contribution in [2.24, 2.45) is 0 Å². The molecule has 7 nitrogen and oxygen atoms in total. The van der Waals surface area contributed by atoms with E-state index < -0.39 is 24.4 Å². The van der Waals surface area contributed by atoms with Crippen molar-refractivity contribution in [1.82, 2.24) is 15.2 Å². The Balaban J connectivity index is 1.11. The average Bonchev–Trinajstić information content (AvgIpc) is 3.53. The molecule has 6 rings (SSSR count). The molecular formula is C31H31F3N4O3. The summed E-state index contributed by atoms with van der Waals surface area (Å²) in [5, 5.41) is 1.89. The molecule has 41 heavy (non-hydrogen) atoms. The monoisotopic (exact) mass is 564 g/mol. The van der Waals surface area contributed by atoms with E-state index in [9.17, 15) is 18.0 Å². The second-order valence-corrected chi connectivity index (χ2v) is 10.5. The molecule has 214 valence electrons. The van der Waals surface area contributed by atoms with Crippen molar-refractivity contribution < 1.29 is 27.1 Å². The van der Waals surface area contributed by atoms with Crippen LogP contribution >= 0.6 is 0 Å². The first kappa shape index (κ1) is 27.1. The maximum atomic E-state index is 12.8. The minimum atomic E-state index is -4.53. The predicted molar refractivity (Wildman–Crippen MR) is 150 cm³/mol. The minimum Gasteiger partial charge on any atom is -0.433 e. The third kappa shape index (κ3) is 5.61. The maximum absolute atomic E-state index is 12.8. The summed E-state index contributed by atoms with van der Waals surface area (Å²) in [4.78, 5) is 21.8. The smallest absolute Gasteiger partial charge is 0.408 e. The standard InChI is InChI=1S/C31H31F3N4O3/c32-31(33,34)21-35-29(39)41-30(24-11-3-1-9-22(24)23-10-2-4-12-25(23)30)15-7-8-16-37-17-19-38(20-18-37)28-36-26-13-5-6-14-27(26)40-28/h1-6,9-14H,7-8,15-21H2,(H,35,39). The predicted octanol–water partition coefficient (Wildman–Crippen LogP) is 6.33. The molecular weight excluding hydrogens is 533 g/mol. The van der Waals surface area contributed by atoms with Gasteiger partial charge in [-0.2, -0.15) is 18.2 Å². The summed E-state index contributed by atoms with van der Waals surface area (Å²) in [5.74, 6) is 0. The van der Waals surface area contributed by atoms with Crippen LogP contribution in [0, 0.1) is 0 Å². The number of anilines is 1. The molecule has 0 spiro atoms. The van der Waals surface area contributed by atoms with Crippen molar-refractivity contribution in [3.05, 3.63) is 83.9 Å². The van der Waals surface area contributed by atoms with Gasteiger partial charge in [0.2, 0.25) is 0 Å². The Labute approximate surface area is 235 Å². The molecule has 1 aromatic heterocycles. The van der Waals surface area contributed by atoms with Gasteiger partial charge < -0.3 is 19.4 Å². The van der Waals surface area contributed by atoms with E-state index in [0.717, 1.165) is 78.9 Å². The maximum Gasteiger partial charge on any atom is 0.408 e. The largest absolute Gasteiger partial charge is 0.433 e. The fourth-order valence-corrected chi connectivity index (χ4v) is 5.95. The number of oxazole rings is 1. The topological polar surface area (TPSA) is 70.8 Å². The number of hydrogen-bond donors (Lipinski definition) is 1. The molecule has 1 aliphatic heterocycles. The van der Waals surface area contributed by atoms with Crippen LogP contribution in [0.1, 0.15) is 30.4 Å². The van der Waals surface area contributed by atoms with E-state index in [0.29, 0.717) is 12.4 Å². The van der Waals surface area contributed by atoms with Crippen molar-refractivity contribution in [2.45, 2.75) is 31.0 Å². The minimum absolute atomic E-state index is 0.462. The van der Waals surface area contributed by atoms with E-state index in [1.165, 1.54) is 0 Å². The zero-order chi connectivity index (χ0) is 28.5. The summed E-state index contributed by atoms with van der Waals surface area (Å²) in [5.41, 5.74) is 3.94. The summed E-state index contributed by atoms with van der Waals surface area (Å²) in [6.45, 7) is 2.76. The van der Waals surface area contributed by atoms with Crippen LogP contribution in [0.5, 0.6) is 0 Å². The summed E-state index contributed by atoms with van der Waals surface area (Å²) in [7, 11) is 0. The lowest BCUT2D eigenvalue weighted by Gasteiger charge is -2.34. The van der Waals surface area contributed by atoms with Gasteiger partial charge in [0.25, 0.3) is 6.01 Å². The molecule has 1 saturated heterocycles. The fourth-order valence-electron chi connectivity index (χ4n) is 5.95. The number of alkyl carbamates (subject to hydrolysis) is 1. The number of piperazine rings is 1. The lowest BCUT2D eigenvalue weighted by atomic mass is 9.86. The number of aromatic nitrogens is 1. The highest BCUT2D eigenvalue weighted by molar-refractivity contribution is 5.82. The average molecular weight is 565 g/mol. The van der Waals surface area contributed by atoms with Crippen LogP contribution in [0.15, 0.2) is 77.2 Å². The van der Waals surface area contributed by atoms with Gasteiger partial charge in [0, 0.05) is 37.3 Å². The molecule has 0 bridgehead atoms. The van der Waals surface area contributed by atoms with Gasteiger partial charge in [-0.05, 0) is 49.1 Å². The number of nitrogens with zero attached hydrogens (tertiary/aromatic N) is 3. The molecule has 0 atom stereocenters. The molecule has 0 radical (unpaired) electrons. The number of hydrogen-bond acceptors (Lipinski definition) is 6. The van der Waals surface area contributed by atoms with Crippen LogP contribution in [0.3, 0.4) is 0 Å². The fraction of sp³-hybridized carbons (Fsp3) is 0.355. The summed E-state index contributed by atoms with van der Waals surface area (Å²) in [6, 6.07) is 23.7. The zero-order valence-corrected chi connectivity index (χ0v) is 22.5. The van der Waals surface area contributed by atoms with Crippen LogP contribution in [0.4, 0.5) is 24.0 Å². The second-order valence-electron chi connectivity index (χ2n) is 10.5. The molecule has 1 amide bonds. The molecule has 2 heterocycles. The highest BCUT2D eigenvalue weighted by Crippen LogP contribution is 2.52. The molecule has 1 fully saturated rings. The number of benzene rings is 3. The van der Waals surface area contributed by atoms with Crippen molar-refractivity contribution in [3.8, 4) is 11.1 Å². The molecule has 1 aliphatic carbocycles. The Bertz CT molecular complexity index is 1450. The normalized spacial score (nSPS) is 16.4. The number of rotatable bonds is 8. The van der Waals surface area contributed by atoms with Crippen LogP contribution in [-0.2, 0) is 10.3 Å². The van der Waals surface area contributed by atoms with E-state index in [-0.39, 0.29) is 0 Å².